The molecule has 1 saturated carbocycles. The fourth-order valence-electron chi connectivity index (χ4n) is 3.49. The highest BCUT2D eigenvalue weighted by molar-refractivity contribution is 7.99. The molecule has 3 atom stereocenters. The van der Waals surface area contributed by atoms with Crippen LogP contribution in [0.25, 0.3) is 0 Å². The molecule has 1 aliphatic carbocycles. The van der Waals surface area contributed by atoms with Crippen LogP contribution in [0.5, 0.6) is 0 Å². The fraction of sp³-hybridized carbons (Fsp3) is 0.923. The molecule has 0 aromatic heterocycles. The van der Waals surface area contributed by atoms with Crippen LogP contribution in [0.3, 0.4) is 0 Å². The molecule has 2 aliphatic rings. The van der Waals surface area contributed by atoms with E-state index in [0.717, 1.165) is 25.0 Å². The highest BCUT2D eigenvalue weighted by atomic mass is 32.2. The zero-order valence-corrected chi connectivity index (χ0v) is 11.3. The van der Waals surface area contributed by atoms with Crippen LogP contribution < -0.4 is 0 Å². The second-order valence-corrected chi connectivity index (χ2v) is 6.88. The molecule has 0 bridgehead atoms. The van der Waals surface area contributed by atoms with Gasteiger partial charge in [-0.1, -0.05) is 19.8 Å². The number of thioether (sulfide) groups is 1. The minimum atomic E-state index is -0.982. The third-order valence-electron chi connectivity index (χ3n) is 4.51. The van der Waals surface area contributed by atoms with Crippen molar-refractivity contribution in [2.45, 2.75) is 51.0 Å². The molecular formula is C13H22O3S. The molecule has 0 radical (unpaired) electrons. The van der Waals surface area contributed by atoms with Gasteiger partial charge in [0.15, 0.2) is 0 Å². The lowest BCUT2D eigenvalue weighted by molar-refractivity contribution is -0.175. The molecule has 1 aliphatic heterocycles. The Labute approximate surface area is 107 Å². The van der Waals surface area contributed by atoms with Gasteiger partial charge in [-0.15, -0.1) is 0 Å². The van der Waals surface area contributed by atoms with E-state index in [4.69, 9.17) is 0 Å². The highest BCUT2D eigenvalue weighted by Crippen LogP contribution is 2.50. The molecule has 0 spiro atoms. The maximum Gasteiger partial charge on any atom is 0.313 e. The number of carboxylic acid groups (broad SMARTS) is 1. The van der Waals surface area contributed by atoms with E-state index in [2.05, 4.69) is 6.92 Å². The van der Waals surface area contributed by atoms with Gasteiger partial charge >= 0.3 is 5.97 Å². The number of carboxylic acids is 1. The molecule has 0 amide bonds. The van der Waals surface area contributed by atoms with Gasteiger partial charge in [-0.2, -0.15) is 11.8 Å². The maximum absolute atomic E-state index is 11.7. The number of aliphatic hydroxyl groups is 1. The first kappa shape index (κ1) is 13.2. The molecule has 3 nitrogen and oxygen atoms in total. The lowest BCUT2D eigenvalue weighted by atomic mass is 9.62. The van der Waals surface area contributed by atoms with Crippen LogP contribution in [0.1, 0.15) is 45.4 Å². The number of aliphatic carboxylic acids is 1. The van der Waals surface area contributed by atoms with E-state index in [1.807, 2.05) is 0 Å². The van der Waals surface area contributed by atoms with Crippen LogP contribution in [-0.2, 0) is 4.79 Å². The smallest absolute Gasteiger partial charge is 0.313 e. The van der Waals surface area contributed by atoms with Crippen LogP contribution in [0.15, 0.2) is 0 Å². The summed E-state index contributed by atoms with van der Waals surface area (Å²) in [5.74, 6) is 1.25. The molecule has 98 valence electrons. The summed E-state index contributed by atoms with van der Waals surface area (Å²) in [4.78, 5) is 11.7. The van der Waals surface area contributed by atoms with Crippen LogP contribution >= 0.6 is 11.8 Å². The quantitative estimate of drug-likeness (QED) is 0.799. The van der Waals surface area contributed by atoms with Gasteiger partial charge in [0.2, 0.25) is 0 Å². The Kier molecular flexibility index (Phi) is 3.74. The molecule has 2 fully saturated rings. The van der Waals surface area contributed by atoms with Gasteiger partial charge in [0.05, 0.1) is 5.60 Å². The summed E-state index contributed by atoms with van der Waals surface area (Å²) in [6.45, 7) is 2.12. The highest BCUT2D eigenvalue weighted by Gasteiger charge is 2.57. The second kappa shape index (κ2) is 4.81. The van der Waals surface area contributed by atoms with Crippen LogP contribution in [-0.4, -0.2) is 33.3 Å². The number of hydrogen-bond donors (Lipinski definition) is 2. The summed E-state index contributed by atoms with van der Waals surface area (Å²) < 4.78 is 0. The minimum Gasteiger partial charge on any atom is -0.481 e. The first-order chi connectivity index (χ1) is 8.00. The van der Waals surface area contributed by atoms with Crippen LogP contribution in [0, 0.1) is 11.3 Å². The summed E-state index contributed by atoms with van der Waals surface area (Å²) in [6.07, 6.45) is 4.93. The topological polar surface area (TPSA) is 57.5 Å². The van der Waals surface area contributed by atoms with Gasteiger partial charge < -0.3 is 10.2 Å². The zero-order valence-electron chi connectivity index (χ0n) is 10.4. The molecule has 2 N–H and O–H groups in total. The number of rotatable bonds is 2. The number of carbonyl (C=O) groups is 1. The SMILES string of the molecule is CC1CCCC(O)(C2(C(=O)O)CCCSC2)C1. The normalized spacial score (nSPS) is 43.3. The molecule has 3 unspecified atom stereocenters. The second-order valence-electron chi connectivity index (χ2n) is 5.78. The predicted molar refractivity (Wildman–Crippen MR) is 69.2 cm³/mol. The van der Waals surface area contributed by atoms with Gasteiger partial charge in [-0.3, -0.25) is 4.79 Å². The van der Waals surface area contributed by atoms with Crippen molar-refractivity contribution in [1.82, 2.24) is 0 Å². The molecule has 1 heterocycles. The van der Waals surface area contributed by atoms with Crippen molar-refractivity contribution in [3.8, 4) is 0 Å². The van der Waals surface area contributed by atoms with Gasteiger partial charge in [-0.25, -0.2) is 0 Å². The van der Waals surface area contributed by atoms with E-state index in [1.165, 1.54) is 0 Å². The Hall–Kier alpha value is -0.220. The van der Waals surface area contributed by atoms with Crippen LogP contribution in [0.4, 0.5) is 0 Å². The van der Waals surface area contributed by atoms with Gasteiger partial charge in [0, 0.05) is 5.75 Å². The van der Waals surface area contributed by atoms with E-state index in [0.29, 0.717) is 30.9 Å². The van der Waals surface area contributed by atoms with E-state index < -0.39 is 17.0 Å². The summed E-state index contributed by atoms with van der Waals surface area (Å²) in [7, 11) is 0. The zero-order chi connectivity index (χ0) is 12.5. The van der Waals surface area contributed by atoms with Gasteiger partial charge in [0.25, 0.3) is 0 Å². The van der Waals surface area contributed by atoms with E-state index in [1.54, 1.807) is 11.8 Å². The van der Waals surface area contributed by atoms with E-state index in [9.17, 15) is 15.0 Å². The molecule has 4 heteroatoms. The third kappa shape index (κ3) is 2.22. The molecule has 0 aromatic carbocycles. The Morgan fingerprint density at radius 3 is 2.65 bits per heavy atom. The average molecular weight is 258 g/mol. The monoisotopic (exact) mass is 258 g/mol. The van der Waals surface area contributed by atoms with Crippen molar-refractivity contribution < 1.29 is 15.0 Å². The lowest BCUT2D eigenvalue weighted by Crippen LogP contribution is -2.58. The Morgan fingerprint density at radius 2 is 2.12 bits per heavy atom. The van der Waals surface area contributed by atoms with E-state index in [-0.39, 0.29) is 0 Å². The average Bonchev–Trinajstić information content (AvgIpc) is 2.29. The summed E-state index contributed by atoms with van der Waals surface area (Å²) in [6, 6.07) is 0. The fourth-order valence-corrected chi connectivity index (χ4v) is 4.87. The molecule has 1 saturated heterocycles. The molecule has 0 aromatic rings. The molecule has 17 heavy (non-hydrogen) atoms. The predicted octanol–water partition coefficient (Wildman–Crippen LogP) is 2.53. The first-order valence-corrected chi connectivity index (χ1v) is 7.69. The van der Waals surface area contributed by atoms with Crippen LogP contribution in [0.2, 0.25) is 0 Å². The molecular weight excluding hydrogens is 236 g/mol. The summed E-state index contributed by atoms with van der Waals surface area (Å²) >= 11 is 1.68. The first-order valence-electron chi connectivity index (χ1n) is 6.54. The Morgan fingerprint density at radius 1 is 1.35 bits per heavy atom. The van der Waals surface area contributed by atoms with Crippen molar-refractivity contribution in [2.24, 2.45) is 11.3 Å². The van der Waals surface area contributed by atoms with Crippen molar-refractivity contribution in [3.63, 3.8) is 0 Å². The minimum absolute atomic E-state index is 0.442. The third-order valence-corrected chi connectivity index (χ3v) is 5.79. The summed E-state index contributed by atoms with van der Waals surface area (Å²) in [5, 5.41) is 20.5. The largest absolute Gasteiger partial charge is 0.481 e. The maximum atomic E-state index is 11.7. The van der Waals surface area contributed by atoms with Crippen molar-refractivity contribution >= 4 is 17.7 Å². The summed E-state index contributed by atoms with van der Waals surface area (Å²) in [5.41, 5.74) is -1.88. The van der Waals surface area contributed by atoms with Crippen molar-refractivity contribution in [2.75, 3.05) is 11.5 Å². The van der Waals surface area contributed by atoms with Crippen molar-refractivity contribution in [1.29, 1.82) is 0 Å². The Balaban J connectivity index is 2.28. The van der Waals surface area contributed by atoms with E-state index >= 15 is 0 Å². The Bertz CT molecular complexity index is 299. The molecule has 2 rings (SSSR count). The van der Waals surface area contributed by atoms with Gasteiger partial charge in [0.1, 0.15) is 5.41 Å². The standard InChI is InChI=1S/C13H22O3S/c1-10-4-2-6-13(16,8-10)12(11(14)15)5-3-7-17-9-12/h10,16H,2-9H2,1H3,(H,14,15). The number of hydrogen-bond acceptors (Lipinski definition) is 3. The van der Waals surface area contributed by atoms with Crippen molar-refractivity contribution in [3.05, 3.63) is 0 Å². The lowest BCUT2D eigenvalue weighted by Gasteiger charge is -2.49. The van der Waals surface area contributed by atoms with Gasteiger partial charge in [-0.05, 0) is 37.4 Å².